The van der Waals surface area contributed by atoms with Gasteiger partial charge >= 0.3 is 0 Å². The molecule has 0 amide bonds. The third-order valence-corrected chi connectivity index (χ3v) is 6.21. The number of aliphatic imine (C=N–C) groups is 1. The Morgan fingerprint density at radius 3 is 2.60 bits per heavy atom. The molecule has 10 heteroatoms. The summed E-state index contributed by atoms with van der Waals surface area (Å²) in [5.74, 6) is 1.43. The van der Waals surface area contributed by atoms with Crippen LogP contribution in [0.2, 0.25) is 0 Å². The highest BCUT2D eigenvalue weighted by Gasteiger charge is 2.25. The average molecular weight is 426 g/mol. The number of fused-ring (bicyclic) bond motifs is 2. The minimum Gasteiger partial charge on any atom is -0.486 e. The summed E-state index contributed by atoms with van der Waals surface area (Å²) in [6, 6.07) is 13.2. The van der Waals surface area contributed by atoms with Crippen molar-refractivity contribution in [3.05, 3.63) is 60.4 Å². The number of nitrogens with two attached hydrogens (primary N) is 1. The summed E-state index contributed by atoms with van der Waals surface area (Å²) in [6.07, 6.45) is 2.68. The molecular weight excluding hydrogens is 408 g/mol. The second-order valence-electron chi connectivity index (χ2n) is 6.74. The van der Waals surface area contributed by atoms with Crippen molar-refractivity contribution in [3.63, 3.8) is 0 Å². The molecule has 0 spiro atoms. The molecule has 1 aromatic heterocycles. The molecule has 30 heavy (non-hydrogen) atoms. The number of rotatable bonds is 4. The first-order chi connectivity index (χ1) is 14.5. The number of furan rings is 1. The quantitative estimate of drug-likeness (QED) is 0.658. The molecular formula is C20H18N4O5S. The number of ether oxygens (including phenoxy) is 2. The van der Waals surface area contributed by atoms with Crippen LogP contribution in [0.5, 0.6) is 11.5 Å². The molecule has 0 saturated heterocycles. The van der Waals surface area contributed by atoms with Gasteiger partial charge in [-0.25, -0.2) is 13.4 Å². The van der Waals surface area contributed by atoms with Crippen molar-refractivity contribution in [3.8, 4) is 11.5 Å². The number of hydrogen-bond acceptors (Lipinski definition) is 8. The van der Waals surface area contributed by atoms with E-state index in [2.05, 4.69) is 9.71 Å². The average Bonchev–Trinajstić information content (AvgIpc) is 3.24. The first kappa shape index (κ1) is 18.5. The maximum atomic E-state index is 12.8. The lowest BCUT2D eigenvalue weighted by molar-refractivity contribution is 0.171. The van der Waals surface area contributed by atoms with E-state index in [4.69, 9.17) is 19.6 Å². The number of nitrogens with one attached hydrogen (secondary N) is 1. The van der Waals surface area contributed by atoms with Crippen LogP contribution in [-0.2, 0) is 10.0 Å². The van der Waals surface area contributed by atoms with Gasteiger partial charge in [-0.1, -0.05) is 0 Å². The Labute approximate surface area is 172 Å². The highest BCUT2D eigenvalue weighted by Crippen LogP contribution is 2.35. The van der Waals surface area contributed by atoms with Crippen LogP contribution in [0.4, 0.5) is 17.3 Å². The number of hydrogen-bond donors (Lipinski definition) is 2. The van der Waals surface area contributed by atoms with Gasteiger partial charge in [0, 0.05) is 17.4 Å². The fraction of sp³-hybridized carbons (Fsp3) is 0.150. The van der Waals surface area contributed by atoms with Crippen LogP contribution in [0.3, 0.4) is 0 Å². The summed E-state index contributed by atoms with van der Waals surface area (Å²) in [6.45, 7) is 0.824. The molecule has 2 aromatic carbocycles. The molecule has 3 N–H and O–H groups in total. The van der Waals surface area contributed by atoms with Gasteiger partial charge < -0.3 is 24.5 Å². The Bertz CT molecular complexity index is 1220. The van der Waals surface area contributed by atoms with Crippen molar-refractivity contribution in [2.75, 3.05) is 22.8 Å². The predicted octanol–water partition coefficient (Wildman–Crippen LogP) is 2.99. The molecule has 3 aromatic rings. The fourth-order valence-electron chi connectivity index (χ4n) is 3.31. The molecule has 2 aliphatic heterocycles. The van der Waals surface area contributed by atoms with E-state index < -0.39 is 16.2 Å². The van der Waals surface area contributed by atoms with Gasteiger partial charge in [-0.2, -0.15) is 0 Å². The van der Waals surface area contributed by atoms with Gasteiger partial charge in [-0.15, -0.1) is 0 Å². The molecule has 1 unspecified atom stereocenters. The summed E-state index contributed by atoms with van der Waals surface area (Å²) >= 11 is 0. The zero-order valence-corrected chi connectivity index (χ0v) is 16.5. The monoisotopic (exact) mass is 426 g/mol. The fourth-order valence-corrected chi connectivity index (χ4v) is 4.38. The van der Waals surface area contributed by atoms with Crippen LogP contribution in [0.1, 0.15) is 11.7 Å². The van der Waals surface area contributed by atoms with Crippen molar-refractivity contribution in [1.82, 2.24) is 0 Å². The van der Waals surface area contributed by atoms with Crippen LogP contribution < -0.4 is 24.8 Å². The molecule has 0 radical (unpaired) electrons. The zero-order valence-electron chi connectivity index (χ0n) is 15.7. The number of nitrogens with zero attached hydrogens (tertiary/aromatic N) is 2. The Hall–Kier alpha value is -3.50. The van der Waals surface area contributed by atoms with Gasteiger partial charge in [-0.05, 0) is 42.5 Å². The van der Waals surface area contributed by atoms with Crippen molar-refractivity contribution >= 4 is 33.6 Å². The van der Waals surface area contributed by atoms with E-state index >= 15 is 0 Å². The van der Waals surface area contributed by atoms with E-state index in [1.54, 1.807) is 53.9 Å². The number of anilines is 2. The molecule has 1 atom stereocenters. The lowest BCUT2D eigenvalue weighted by Gasteiger charge is -2.29. The highest BCUT2D eigenvalue weighted by molar-refractivity contribution is 7.92. The summed E-state index contributed by atoms with van der Waals surface area (Å²) in [5, 5.41) is 0. The normalized spacial score (nSPS) is 17.5. The number of benzene rings is 2. The second-order valence-corrected chi connectivity index (χ2v) is 8.42. The van der Waals surface area contributed by atoms with E-state index in [0.29, 0.717) is 36.3 Å². The van der Waals surface area contributed by atoms with Crippen LogP contribution >= 0.6 is 0 Å². The lowest BCUT2D eigenvalue weighted by Crippen LogP contribution is -2.35. The summed E-state index contributed by atoms with van der Waals surface area (Å²) < 4.78 is 44.3. The first-order valence-corrected chi connectivity index (χ1v) is 10.7. The predicted molar refractivity (Wildman–Crippen MR) is 111 cm³/mol. The van der Waals surface area contributed by atoms with Gasteiger partial charge in [0.15, 0.2) is 11.5 Å². The van der Waals surface area contributed by atoms with Crippen LogP contribution in [0, 0.1) is 0 Å². The molecule has 0 fully saturated rings. The van der Waals surface area contributed by atoms with Crippen LogP contribution in [-0.4, -0.2) is 28.0 Å². The largest absolute Gasteiger partial charge is 0.486 e. The van der Waals surface area contributed by atoms with Gasteiger partial charge in [0.1, 0.15) is 25.7 Å². The smallest absolute Gasteiger partial charge is 0.262 e. The topological polar surface area (TPSA) is 119 Å². The van der Waals surface area contributed by atoms with Gasteiger partial charge in [-0.3, -0.25) is 4.72 Å². The van der Waals surface area contributed by atoms with Crippen LogP contribution in [0.15, 0.2) is 69.1 Å². The molecule has 5 rings (SSSR count). The van der Waals surface area contributed by atoms with Gasteiger partial charge in [0.05, 0.1) is 16.7 Å². The van der Waals surface area contributed by atoms with Crippen molar-refractivity contribution in [1.29, 1.82) is 0 Å². The second kappa shape index (κ2) is 7.08. The van der Waals surface area contributed by atoms with E-state index in [0.717, 1.165) is 11.3 Å². The van der Waals surface area contributed by atoms with Gasteiger partial charge in [0.2, 0.25) is 5.88 Å². The summed E-state index contributed by atoms with van der Waals surface area (Å²) in [7, 11) is -3.79. The zero-order chi connectivity index (χ0) is 20.7. The molecule has 0 saturated carbocycles. The Balaban J connectivity index is 1.35. The van der Waals surface area contributed by atoms with E-state index in [1.807, 2.05) is 0 Å². The minimum absolute atomic E-state index is 0.0912. The van der Waals surface area contributed by atoms with Crippen LogP contribution in [0.25, 0.3) is 0 Å². The SMILES string of the molecule is NC1c2ccoc2N=CN1c1ccc(NS(=O)(=O)c2ccc3c(c2)OCCO3)cc1. The van der Waals surface area contributed by atoms with Gasteiger partial charge in [0.25, 0.3) is 10.0 Å². The lowest BCUT2D eigenvalue weighted by atomic mass is 10.2. The molecule has 3 heterocycles. The number of sulfonamides is 1. The maximum absolute atomic E-state index is 12.8. The molecule has 154 valence electrons. The summed E-state index contributed by atoms with van der Waals surface area (Å²) in [5.41, 5.74) is 8.24. The van der Waals surface area contributed by atoms with Crippen molar-refractivity contribution in [2.45, 2.75) is 11.1 Å². The van der Waals surface area contributed by atoms with E-state index in [1.165, 1.54) is 12.1 Å². The van der Waals surface area contributed by atoms with E-state index in [9.17, 15) is 8.42 Å². The summed E-state index contributed by atoms with van der Waals surface area (Å²) in [4.78, 5) is 6.10. The maximum Gasteiger partial charge on any atom is 0.262 e. The molecule has 2 aliphatic rings. The Kier molecular flexibility index (Phi) is 4.37. The molecule has 0 aliphatic carbocycles. The third-order valence-electron chi connectivity index (χ3n) is 4.83. The van der Waals surface area contributed by atoms with E-state index in [-0.39, 0.29) is 4.90 Å². The third kappa shape index (κ3) is 3.25. The van der Waals surface area contributed by atoms with Crippen molar-refractivity contribution in [2.24, 2.45) is 10.7 Å². The highest BCUT2D eigenvalue weighted by atomic mass is 32.2. The molecule has 9 nitrogen and oxygen atoms in total. The van der Waals surface area contributed by atoms with Crippen molar-refractivity contribution < 1.29 is 22.3 Å². The standard InChI is InChI=1S/C20H18N4O5S/c21-19-16-7-8-29-20(16)22-12-24(19)14-3-1-13(2-4-14)23-30(25,26)15-5-6-17-18(11-15)28-10-9-27-17/h1-8,11-12,19,23H,9-10,21H2. The molecule has 0 bridgehead atoms. The Morgan fingerprint density at radius 2 is 1.80 bits per heavy atom. The first-order valence-electron chi connectivity index (χ1n) is 9.19. The minimum atomic E-state index is -3.79. The Morgan fingerprint density at radius 1 is 1.03 bits per heavy atom.